The van der Waals surface area contributed by atoms with Crippen LogP contribution in [0, 0.1) is 17.8 Å². The minimum atomic E-state index is -0.181. The lowest BCUT2D eigenvalue weighted by molar-refractivity contribution is -0.138. The average Bonchev–Trinajstić information content (AvgIpc) is 2.85. The fourth-order valence-corrected chi connectivity index (χ4v) is 4.25. The zero-order valence-corrected chi connectivity index (χ0v) is 17.0. The summed E-state index contributed by atoms with van der Waals surface area (Å²) < 4.78 is 5.24. The van der Waals surface area contributed by atoms with Gasteiger partial charge in [0.1, 0.15) is 11.4 Å². The molecular formula is C22H30N2O3. The van der Waals surface area contributed by atoms with E-state index in [-0.39, 0.29) is 17.7 Å². The lowest BCUT2D eigenvalue weighted by Crippen LogP contribution is -2.42. The summed E-state index contributed by atoms with van der Waals surface area (Å²) in [6, 6.07) is 7.42. The molecule has 0 aromatic heterocycles. The summed E-state index contributed by atoms with van der Waals surface area (Å²) >= 11 is 0. The Kier molecular flexibility index (Phi) is 5.59. The van der Waals surface area contributed by atoms with Crippen LogP contribution in [0.25, 0.3) is 5.57 Å². The molecule has 2 heterocycles. The van der Waals surface area contributed by atoms with Crippen molar-refractivity contribution in [3.05, 3.63) is 35.5 Å². The number of imide groups is 1. The molecule has 0 radical (unpaired) electrons. The van der Waals surface area contributed by atoms with Crippen molar-refractivity contribution < 1.29 is 14.3 Å². The number of nitrogens with zero attached hydrogens (tertiary/aromatic N) is 2. The summed E-state index contributed by atoms with van der Waals surface area (Å²) in [5, 5.41) is 0. The first-order valence-electron chi connectivity index (χ1n) is 9.81. The predicted octanol–water partition coefficient (Wildman–Crippen LogP) is 3.41. The van der Waals surface area contributed by atoms with Crippen LogP contribution in [-0.2, 0) is 9.59 Å². The van der Waals surface area contributed by atoms with Crippen molar-refractivity contribution in [2.24, 2.45) is 17.8 Å². The standard InChI is InChI=1S/C22H30N2O3/c1-14(2)11-24-21(25)19(17-6-8-18(27-5)9-7-17)20(22(24)26)23-12-15(3)10-16(4)13-23/h6-9,14-16H,10-13H2,1-5H3. The van der Waals surface area contributed by atoms with Crippen LogP contribution in [0.15, 0.2) is 30.0 Å². The van der Waals surface area contributed by atoms with Crippen LogP contribution >= 0.6 is 0 Å². The molecule has 5 heteroatoms. The predicted molar refractivity (Wildman–Crippen MR) is 106 cm³/mol. The second kappa shape index (κ2) is 7.75. The molecule has 0 N–H and O–H groups in total. The van der Waals surface area contributed by atoms with E-state index in [9.17, 15) is 9.59 Å². The third kappa shape index (κ3) is 3.87. The number of rotatable bonds is 5. The number of benzene rings is 1. The molecule has 1 saturated heterocycles. The topological polar surface area (TPSA) is 49.9 Å². The second-order valence-corrected chi connectivity index (χ2v) is 8.42. The fourth-order valence-electron chi connectivity index (χ4n) is 4.25. The molecular weight excluding hydrogens is 340 g/mol. The molecule has 2 aliphatic rings. The normalized spacial score (nSPS) is 23.6. The minimum absolute atomic E-state index is 0.152. The molecule has 0 aliphatic carbocycles. The maximum Gasteiger partial charge on any atom is 0.277 e. The van der Waals surface area contributed by atoms with Crippen molar-refractivity contribution in [1.29, 1.82) is 0 Å². The lowest BCUT2D eigenvalue weighted by atomic mass is 9.91. The van der Waals surface area contributed by atoms with E-state index in [4.69, 9.17) is 4.74 Å². The maximum absolute atomic E-state index is 13.3. The zero-order chi connectivity index (χ0) is 19.7. The third-order valence-corrected chi connectivity index (χ3v) is 5.26. The number of amides is 2. The fraction of sp³-hybridized carbons (Fsp3) is 0.545. The molecule has 2 atom stereocenters. The van der Waals surface area contributed by atoms with E-state index < -0.39 is 0 Å². The Balaban J connectivity index is 2.06. The van der Waals surface area contributed by atoms with E-state index in [1.54, 1.807) is 7.11 Å². The van der Waals surface area contributed by atoms with Crippen LogP contribution in [0.2, 0.25) is 0 Å². The van der Waals surface area contributed by atoms with Crippen molar-refractivity contribution in [3.63, 3.8) is 0 Å². The van der Waals surface area contributed by atoms with Gasteiger partial charge in [-0.3, -0.25) is 14.5 Å². The molecule has 1 fully saturated rings. The second-order valence-electron chi connectivity index (χ2n) is 8.42. The van der Waals surface area contributed by atoms with Gasteiger partial charge >= 0.3 is 0 Å². The van der Waals surface area contributed by atoms with E-state index in [1.807, 2.05) is 38.1 Å². The summed E-state index contributed by atoms with van der Waals surface area (Å²) in [7, 11) is 1.62. The molecule has 146 valence electrons. The van der Waals surface area contributed by atoms with E-state index in [0.29, 0.717) is 29.7 Å². The Bertz CT molecular complexity index is 741. The van der Waals surface area contributed by atoms with Crippen LogP contribution in [0.3, 0.4) is 0 Å². The molecule has 3 rings (SSSR count). The quantitative estimate of drug-likeness (QED) is 0.746. The van der Waals surface area contributed by atoms with Crippen molar-refractivity contribution >= 4 is 17.4 Å². The number of methoxy groups -OCH3 is 1. The summed E-state index contributed by atoms with van der Waals surface area (Å²) in [5.41, 5.74) is 1.88. The lowest BCUT2D eigenvalue weighted by Gasteiger charge is -2.37. The molecule has 0 saturated carbocycles. The van der Waals surface area contributed by atoms with Gasteiger partial charge in [-0.2, -0.15) is 0 Å². The number of ether oxygens (including phenoxy) is 1. The van der Waals surface area contributed by atoms with Crippen molar-refractivity contribution in [1.82, 2.24) is 9.80 Å². The molecule has 0 bridgehead atoms. The van der Waals surface area contributed by atoms with Crippen LogP contribution < -0.4 is 4.74 Å². The molecule has 5 nitrogen and oxygen atoms in total. The van der Waals surface area contributed by atoms with E-state index in [0.717, 1.165) is 30.8 Å². The number of hydrogen-bond acceptors (Lipinski definition) is 4. The number of carbonyl (C=O) groups is 2. The van der Waals surface area contributed by atoms with Crippen LogP contribution in [-0.4, -0.2) is 48.4 Å². The molecule has 2 amide bonds. The molecule has 27 heavy (non-hydrogen) atoms. The first kappa shape index (κ1) is 19.5. The summed E-state index contributed by atoms with van der Waals surface area (Å²) in [6.45, 7) is 10.5. The van der Waals surface area contributed by atoms with Crippen LogP contribution in [0.4, 0.5) is 0 Å². The van der Waals surface area contributed by atoms with Crippen molar-refractivity contribution in [3.8, 4) is 5.75 Å². The monoisotopic (exact) mass is 370 g/mol. The van der Waals surface area contributed by atoms with Crippen LogP contribution in [0.5, 0.6) is 5.75 Å². The van der Waals surface area contributed by atoms with E-state index in [1.165, 1.54) is 4.90 Å². The van der Waals surface area contributed by atoms with Gasteiger partial charge in [0, 0.05) is 19.6 Å². The average molecular weight is 370 g/mol. The Hall–Kier alpha value is -2.30. The van der Waals surface area contributed by atoms with Crippen molar-refractivity contribution in [2.45, 2.75) is 34.1 Å². The summed E-state index contributed by atoms with van der Waals surface area (Å²) in [5.74, 6) is 1.63. The molecule has 1 aromatic rings. The highest BCUT2D eigenvalue weighted by Crippen LogP contribution is 2.35. The molecule has 2 aliphatic heterocycles. The van der Waals surface area contributed by atoms with Crippen molar-refractivity contribution in [2.75, 3.05) is 26.7 Å². The number of piperidine rings is 1. The van der Waals surface area contributed by atoms with Gasteiger partial charge < -0.3 is 9.64 Å². The molecule has 1 aromatic carbocycles. The van der Waals surface area contributed by atoms with Gasteiger partial charge in [-0.25, -0.2) is 0 Å². The SMILES string of the molecule is COc1ccc(C2=C(N3CC(C)CC(C)C3)C(=O)N(CC(C)C)C2=O)cc1. The largest absolute Gasteiger partial charge is 0.497 e. The highest BCUT2D eigenvalue weighted by Gasteiger charge is 2.42. The Morgan fingerprint density at radius 2 is 1.63 bits per heavy atom. The van der Waals surface area contributed by atoms with Gasteiger partial charge in [0.15, 0.2) is 0 Å². The smallest absolute Gasteiger partial charge is 0.277 e. The Morgan fingerprint density at radius 3 is 2.15 bits per heavy atom. The number of likely N-dealkylation sites (tertiary alicyclic amines) is 1. The van der Waals surface area contributed by atoms with Crippen LogP contribution in [0.1, 0.15) is 39.7 Å². The van der Waals surface area contributed by atoms with Gasteiger partial charge in [-0.1, -0.05) is 39.8 Å². The first-order chi connectivity index (χ1) is 12.8. The van der Waals surface area contributed by atoms with Gasteiger partial charge in [0.25, 0.3) is 11.8 Å². The number of carbonyl (C=O) groups excluding carboxylic acids is 2. The zero-order valence-electron chi connectivity index (χ0n) is 17.0. The van der Waals surface area contributed by atoms with E-state index >= 15 is 0 Å². The summed E-state index contributed by atoms with van der Waals surface area (Å²) in [4.78, 5) is 30.0. The molecule has 2 unspecified atom stereocenters. The van der Waals surface area contributed by atoms with Gasteiger partial charge in [0.2, 0.25) is 0 Å². The highest BCUT2D eigenvalue weighted by atomic mass is 16.5. The maximum atomic E-state index is 13.3. The minimum Gasteiger partial charge on any atom is -0.497 e. The first-order valence-corrected chi connectivity index (χ1v) is 9.81. The van der Waals surface area contributed by atoms with E-state index in [2.05, 4.69) is 18.7 Å². The Morgan fingerprint density at radius 1 is 1.04 bits per heavy atom. The molecule has 0 spiro atoms. The van der Waals surface area contributed by atoms with Gasteiger partial charge in [-0.05, 0) is 41.9 Å². The number of hydrogen-bond donors (Lipinski definition) is 0. The summed E-state index contributed by atoms with van der Waals surface area (Å²) in [6.07, 6.45) is 1.15. The Labute approximate surface area is 162 Å². The third-order valence-electron chi connectivity index (χ3n) is 5.26. The van der Waals surface area contributed by atoms with Gasteiger partial charge in [0.05, 0.1) is 12.7 Å². The highest BCUT2D eigenvalue weighted by molar-refractivity contribution is 6.35. The van der Waals surface area contributed by atoms with Gasteiger partial charge in [-0.15, -0.1) is 0 Å².